The Morgan fingerprint density at radius 3 is 1.31 bits per heavy atom. The zero-order chi connectivity index (χ0) is 13.1. The van der Waals surface area contributed by atoms with Crippen LogP contribution in [0.25, 0.3) is 0 Å². The molecular formula is C8H12N2O6. The molecule has 0 bridgehead atoms. The summed E-state index contributed by atoms with van der Waals surface area (Å²) >= 11 is 0. The average Bonchev–Trinajstić information content (AvgIpc) is 2.34. The number of nitro benzene ring substituents is 2. The van der Waals surface area contributed by atoms with Crippen molar-refractivity contribution in [2.45, 2.75) is 0 Å². The second kappa shape index (κ2) is 9.49. The maximum absolute atomic E-state index is 10.2. The quantitative estimate of drug-likeness (QED) is 0.571. The summed E-state index contributed by atoms with van der Waals surface area (Å²) in [6.07, 6.45) is 0. The molecule has 0 aliphatic heterocycles. The van der Waals surface area contributed by atoms with Crippen LogP contribution in [0.3, 0.4) is 0 Å². The number of aliphatic hydroxyl groups is 2. The number of para-hydroxylation sites is 2. The summed E-state index contributed by atoms with van der Waals surface area (Å²) in [5.41, 5.74) is -0.968. The molecule has 2 N–H and O–H groups in total. The molecule has 0 unspecified atom stereocenters. The highest BCUT2D eigenvalue weighted by molar-refractivity contribution is 5.51. The largest absolute Gasteiger partial charge is 0.400 e. The van der Waals surface area contributed by atoms with Crippen molar-refractivity contribution in [3.8, 4) is 0 Å². The Morgan fingerprint density at radius 1 is 0.875 bits per heavy atom. The van der Waals surface area contributed by atoms with Gasteiger partial charge in [-0.25, -0.2) is 0 Å². The molecule has 0 aromatic heterocycles. The van der Waals surface area contributed by atoms with Crippen LogP contribution in [0.4, 0.5) is 11.4 Å². The highest BCUT2D eigenvalue weighted by atomic mass is 16.6. The molecule has 0 aliphatic rings. The SMILES string of the molecule is CO.CO.O=[N+]([O-])c1ccccc1[N+](=O)[O-]. The highest BCUT2D eigenvalue weighted by Gasteiger charge is 2.21. The van der Waals surface area contributed by atoms with Crippen LogP contribution < -0.4 is 0 Å². The Kier molecular flexibility index (Phi) is 9.71. The molecule has 1 aromatic carbocycles. The molecule has 0 fully saturated rings. The molecule has 0 spiro atoms. The molecule has 0 saturated carbocycles. The van der Waals surface area contributed by atoms with Crippen LogP contribution in [-0.2, 0) is 0 Å². The van der Waals surface area contributed by atoms with Gasteiger partial charge in [-0.15, -0.1) is 0 Å². The minimum absolute atomic E-state index is 0.484. The van der Waals surface area contributed by atoms with Crippen molar-refractivity contribution < 1.29 is 20.1 Å². The first kappa shape index (κ1) is 16.4. The molecular weight excluding hydrogens is 220 g/mol. The molecule has 0 aliphatic carbocycles. The van der Waals surface area contributed by atoms with Gasteiger partial charge in [0.25, 0.3) is 0 Å². The van der Waals surface area contributed by atoms with E-state index in [9.17, 15) is 20.2 Å². The maximum atomic E-state index is 10.2. The predicted molar refractivity (Wildman–Crippen MR) is 56.0 cm³/mol. The molecule has 90 valence electrons. The van der Waals surface area contributed by atoms with Crippen LogP contribution in [0.2, 0.25) is 0 Å². The van der Waals surface area contributed by atoms with E-state index in [4.69, 9.17) is 10.2 Å². The highest BCUT2D eigenvalue weighted by Crippen LogP contribution is 2.24. The van der Waals surface area contributed by atoms with Crippen molar-refractivity contribution in [2.24, 2.45) is 0 Å². The van der Waals surface area contributed by atoms with Crippen LogP contribution >= 0.6 is 0 Å². The van der Waals surface area contributed by atoms with Crippen molar-refractivity contribution in [3.05, 3.63) is 44.5 Å². The molecule has 8 nitrogen and oxygen atoms in total. The number of hydrogen-bond acceptors (Lipinski definition) is 6. The van der Waals surface area contributed by atoms with E-state index >= 15 is 0 Å². The standard InChI is InChI=1S/C6H4N2O4.2CH4O/c9-7(10)5-3-1-2-4-6(5)8(11)12;2*1-2/h1-4H;2*2H,1H3. The van der Waals surface area contributed by atoms with Gasteiger partial charge in [0.2, 0.25) is 0 Å². The van der Waals surface area contributed by atoms with Gasteiger partial charge in [0.1, 0.15) is 0 Å². The lowest BCUT2D eigenvalue weighted by Crippen LogP contribution is -1.95. The fourth-order valence-corrected chi connectivity index (χ4v) is 0.773. The summed E-state index contributed by atoms with van der Waals surface area (Å²) in [5.74, 6) is 0. The van der Waals surface area contributed by atoms with Gasteiger partial charge in [0.15, 0.2) is 0 Å². The minimum atomic E-state index is -0.780. The lowest BCUT2D eigenvalue weighted by atomic mass is 10.3. The molecule has 0 saturated heterocycles. The third-order valence-electron chi connectivity index (χ3n) is 1.28. The van der Waals surface area contributed by atoms with E-state index in [1.807, 2.05) is 0 Å². The predicted octanol–water partition coefficient (Wildman–Crippen LogP) is 0.720. The topological polar surface area (TPSA) is 127 Å². The van der Waals surface area contributed by atoms with Gasteiger partial charge in [0.05, 0.1) is 9.85 Å². The van der Waals surface area contributed by atoms with E-state index < -0.39 is 21.2 Å². The van der Waals surface area contributed by atoms with Crippen molar-refractivity contribution in [1.82, 2.24) is 0 Å². The van der Waals surface area contributed by atoms with Crippen molar-refractivity contribution in [1.29, 1.82) is 0 Å². The van der Waals surface area contributed by atoms with E-state index in [0.29, 0.717) is 0 Å². The maximum Gasteiger partial charge on any atom is 0.346 e. The van der Waals surface area contributed by atoms with Crippen molar-refractivity contribution in [3.63, 3.8) is 0 Å². The average molecular weight is 232 g/mol. The first-order valence-electron chi connectivity index (χ1n) is 3.90. The third kappa shape index (κ3) is 4.98. The van der Waals surface area contributed by atoms with Crippen LogP contribution in [0.15, 0.2) is 24.3 Å². The molecule has 0 heterocycles. The number of benzene rings is 1. The lowest BCUT2D eigenvalue weighted by molar-refractivity contribution is -0.422. The summed E-state index contributed by atoms with van der Waals surface area (Å²) in [6.45, 7) is 0. The summed E-state index contributed by atoms with van der Waals surface area (Å²) in [5, 5.41) is 34.5. The van der Waals surface area contributed by atoms with E-state index in [1.165, 1.54) is 12.1 Å². The number of hydrogen-bond donors (Lipinski definition) is 2. The first-order chi connectivity index (χ1) is 7.63. The first-order valence-corrected chi connectivity index (χ1v) is 3.90. The van der Waals surface area contributed by atoms with Crippen LogP contribution in [-0.4, -0.2) is 34.3 Å². The van der Waals surface area contributed by atoms with Gasteiger partial charge in [-0.1, -0.05) is 12.1 Å². The molecule has 1 rings (SSSR count). The van der Waals surface area contributed by atoms with E-state index in [-0.39, 0.29) is 0 Å². The fraction of sp³-hybridized carbons (Fsp3) is 0.250. The van der Waals surface area contributed by atoms with E-state index in [1.54, 1.807) is 0 Å². The third-order valence-corrected chi connectivity index (χ3v) is 1.28. The molecule has 0 radical (unpaired) electrons. The smallest absolute Gasteiger partial charge is 0.346 e. The van der Waals surface area contributed by atoms with E-state index in [0.717, 1.165) is 26.4 Å². The van der Waals surface area contributed by atoms with Crippen LogP contribution in [0.5, 0.6) is 0 Å². The Morgan fingerprint density at radius 2 is 1.12 bits per heavy atom. The molecule has 8 heteroatoms. The zero-order valence-electron chi connectivity index (χ0n) is 8.73. The minimum Gasteiger partial charge on any atom is -0.400 e. The van der Waals surface area contributed by atoms with Crippen LogP contribution in [0.1, 0.15) is 0 Å². The molecule has 16 heavy (non-hydrogen) atoms. The Labute approximate surface area is 91.1 Å². The number of nitrogens with zero attached hydrogens (tertiary/aromatic N) is 2. The van der Waals surface area contributed by atoms with Gasteiger partial charge in [-0.05, 0) is 0 Å². The Balaban J connectivity index is 0. The Hall–Kier alpha value is -2.06. The van der Waals surface area contributed by atoms with Crippen molar-refractivity contribution >= 4 is 11.4 Å². The van der Waals surface area contributed by atoms with Gasteiger partial charge in [0, 0.05) is 26.4 Å². The Bertz CT molecular complexity index is 308. The number of rotatable bonds is 2. The molecule has 1 aromatic rings. The molecule has 0 amide bonds. The summed E-state index contributed by atoms with van der Waals surface area (Å²) < 4.78 is 0. The normalized spacial score (nSPS) is 7.75. The second-order valence-electron chi connectivity index (χ2n) is 2.00. The second-order valence-corrected chi connectivity index (χ2v) is 2.00. The number of nitro groups is 2. The van der Waals surface area contributed by atoms with Gasteiger partial charge < -0.3 is 10.2 Å². The molecule has 0 atom stereocenters. The van der Waals surface area contributed by atoms with Gasteiger partial charge in [-0.3, -0.25) is 20.2 Å². The van der Waals surface area contributed by atoms with Crippen LogP contribution in [0, 0.1) is 20.2 Å². The lowest BCUT2D eigenvalue weighted by Gasteiger charge is -1.91. The summed E-state index contributed by atoms with van der Waals surface area (Å²) in [6, 6.07) is 4.95. The summed E-state index contributed by atoms with van der Waals surface area (Å²) in [4.78, 5) is 18.9. The fourth-order valence-electron chi connectivity index (χ4n) is 0.773. The van der Waals surface area contributed by atoms with E-state index in [2.05, 4.69) is 0 Å². The number of aliphatic hydroxyl groups excluding tert-OH is 2. The van der Waals surface area contributed by atoms with Gasteiger partial charge in [-0.2, -0.15) is 0 Å². The summed E-state index contributed by atoms with van der Waals surface area (Å²) in [7, 11) is 2.00. The zero-order valence-corrected chi connectivity index (χ0v) is 8.73. The van der Waals surface area contributed by atoms with Gasteiger partial charge >= 0.3 is 11.4 Å². The van der Waals surface area contributed by atoms with Crippen molar-refractivity contribution in [2.75, 3.05) is 14.2 Å². The monoisotopic (exact) mass is 232 g/mol.